The second-order valence-electron chi connectivity index (χ2n) is 9.12. The first-order valence-corrected chi connectivity index (χ1v) is 12.5. The van der Waals surface area contributed by atoms with Crippen LogP contribution in [-0.4, -0.2) is 21.2 Å². The number of fused-ring (bicyclic) bond motifs is 1. The van der Waals surface area contributed by atoms with E-state index in [0.717, 1.165) is 49.9 Å². The van der Waals surface area contributed by atoms with Crippen molar-refractivity contribution in [3.8, 4) is 22.9 Å². The lowest BCUT2D eigenvalue weighted by molar-refractivity contribution is 0.174. The molecule has 5 nitrogen and oxygen atoms in total. The third-order valence-corrected chi connectivity index (χ3v) is 6.43. The van der Waals surface area contributed by atoms with Gasteiger partial charge in [0.2, 0.25) is 6.79 Å². The number of aromatic nitrogens is 2. The van der Waals surface area contributed by atoms with Crippen LogP contribution in [0.4, 0.5) is 0 Å². The van der Waals surface area contributed by atoms with Gasteiger partial charge in [-0.2, -0.15) is 0 Å². The maximum absolute atomic E-state index is 5.63. The number of benzene rings is 3. The Hall–Kier alpha value is -3.57. The Bertz CT molecular complexity index is 1220. The number of nitrogens with zero attached hydrogens (tertiary/aromatic N) is 3. The van der Waals surface area contributed by atoms with Crippen LogP contribution in [0.2, 0.25) is 0 Å². The summed E-state index contributed by atoms with van der Waals surface area (Å²) in [5, 5.41) is 0. The van der Waals surface area contributed by atoms with Crippen LogP contribution in [0, 0.1) is 0 Å². The molecule has 5 heteroatoms. The Morgan fingerprint density at radius 3 is 2.34 bits per heavy atom. The third kappa shape index (κ3) is 5.75. The van der Waals surface area contributed by atoms with Crippen molar-refractivity contribution in [3.05, 3.63) is 102 Å². The van der Waals surface area contributed by atoms with Crippen molar-refractivity contribution in [2.75, 3.05) is 6.79 Å². The molecule has 0 atom stereocenters. The summed E-state index contributed by atoms with van der Waals surface area (Å²) in [6.07, 6.45) is 5.64. The summed E-state index contributed by atoms with van der Waals surface area (Å²) in [4.78, 5) is 7.36. The van der Waals surface area contributed by atoms with E-state index in [1.807, 2.05) is 6.07 Å². The van der Waals surface area contributed by atoms with Gasteiger partial charge in [0, 0.05) is 31.7 Å². The van der Waals surface area contributed by atoms with Gasteiger partial charge in [0.15, 0.2) is 11.5 Å². The molecule has 180 valence electrons. The number of rotatable bonds is 11. The van der Waals surface area contributed by atoms with Gasteiger partial charge in [0.1, 0.15) is 5.82 Å². The van der Waals surface area contributed by atoms with Crippen LogP contribution in [0.25, 0.3) is 11.4 Å². The molecule has 5 rings (SSSR count). The van der Waals surface area contributed by atoms with Crippen molar-refractivity contribution in [2.45, 2.75) is 52.4 Å². The van der Waals surface area contributed by atoms with Crippen molar-refractivity contribution in [1.29, 1.82) is 0 Å². The zero-order valence-electron chi connectivity index (χ0n) is 20.4. The van der Waals surface area contributed by atoms with E-state index >= 15 is 0 Å². The molecule has 0 radical (unpaired) electrons. The predicted octanol–water partition coefficient (Wildman–Crippen LogP) is 6.67. The number of ether oxygens (including phenoxy) is 2. The number of hydrogen-bond donors (Lipinski definition) is 0. The van der Waals surface area contributed by atoms with Crippen molar-refractivity contribution in [2.24, 2.45) is 0 Å². The van der Waals surface area contributed by atoms with Crippen molar-refractivity contribution < 1.29 is 9.47 Å². The minimum Gasteiger partial charge on any atom is -0.454 e. The smallest absolute Gasteiger partial charge is 0.231 e. The van der Waals surface area contributed by atoms with E-state index in [2.05, 4.69) is 95.4 Å². The zero-order valence-corrected chi connectivity index (χ0v) is 20.4. The maximum Gasteiger partial charge on any atom is 0.231 e. The van der Waals surface area contributed by atoms with Gasteiger partial charge in [0.25, 0.3) is 0 Å². The molecule has 1 aromatic heterocycles. The number of unbranched alkanes of at least 4 members (excludes halogenated alkanes) is 2. The van der Waals surface area contributed by atoms with E-state index in [4.69, 9.17) is 14.5 Å². The summed E-state index contributed by atoms with van der Waals surface area (Å²) >= 11 is 0. The molecule has 0 saturated heterocycles. The summed E-state index contributed by atoms with van der Waals surface area (Å²) in [5.74, 6) is 2.71. The zero-order chi connectivity index (χ0) is 23.9. The third-order valence-electron chi connectivity index (χ3n) is 6.43. The van der Waals surface area contributed by atoms with Gasteiger partial charge in [-0.1, -0.05) is 86.5 Å². The fourth-order valence-corrected chi connectivity index (χ4v) is 4.66. The molecule has 4 aromatic rings. The average Bonchev–Trinajstić information content (AvgIpc) is 3.52. The molecule has 0 fully saturated rings. The highest BCUT2D eigenvalue weighted by atomic mass is 16.7. The lowest BCUT2D eigenvalue weighted by atomic mass is 10.1. The molecule has 0 N–H and O–H groups in total. The van der Waals surface area contributed by atoms with E-state index in [-0.39, 0.29) is 0 Å². The lowest BCUT2D eigenvalue weighted by Gasteiger charge is -2.24. The van der Waals surface area contributed by atoms with Gasteiger partial charge in [-0.3, -0.25) is 4.90 Å². The molecule has 0 aliphatic carbocycles. The van der Waals surface area contributed by atoms with Crippen LogP contribution in [0.5, 0.6) is 11.5 Å². The van der Waals surface area contributed by atoms with Crippen LogP contribution >= 0.6 is 0 Å². The Morgan fingerprint density at radius 2 is 1.54 bits per heavy atom. The minimum atomic E-state index is 0.297. The average molecular weight is 468 g/mol. The second-order valence-corrected chi connectivity index (χ2v) is 9.12. The van der Waals surface area contributed by atoms with Crippen LogP contribution in [0.1, 0.15) is 43.0 Å². The first kappa shape index (κ1) is 23.2. The van der Waals surface area contributed by atoms with Crippen LogP contribution in [-0.2, 0) is 26.2 Å². The Labute approximate surface area is 208 Å². The molecule has 0 spiro atoms. The maximum atomic E-state index is 5.63. The molecule has 1 aliphatic rings. The molecule has 0 amide bonds. The van der Waals surface area contributed by atoms with E-state index in [0.29, 0.717) is 6.79 Å². The first-order chi connectivity index (χ1) is 17.3. The summed E-state index contributed by atoms with van der Waals surface area (Å²) < 4.78 is 13.6. The quantitative estimate of drug-likeness (QED) is 0.231. The highest BCUT2D eigenvalue weighted by Crippen LogP contribution is 2.33. The molecule has 0 bridgehead atoms. The van der Waals surface area contributed by atoms with Gasteiger partial charge in [0.05, 0.1) is 11.9 Å². The van der Waals surface area contributed by atoms with Crippen LogP contribution < -0.4 is 9.47 Å². The Kier molecular flexibility index (Phi) is 7.44. The Balaban J connectivity index is 1.43. The first-order valence-electron chi connectivity index (χ1n) is 12.5. The number of hydrogen-bond acceptors (Lipinski definition) is 4. The minimum absolute atomic E-state index is 0.297. The fraction of sp³-hybridized carbons (Fsp3) is 0.300. The molecule has 3 aromatic carbocycles. The van der Waals surface area contributed by atoms with E-state index in [9.17, 15) is 0 Å². The molecule has 35 heavy (non-hydrogen) atoms. The highest BCUT2D eigenvalue weighted by Gasteiger charge is 2.18. The summed E-state index contributed by atoms with van der Waals surface area (Å²) in [6, 6.07) is 27.5. The monoisotopic (exact) mass is 467 g/mol. The standard InChI is InChI=1S/C30H33N3O2/c1-2-3-10-17-33-27(19-31-30(33)26-13-8-5-9-14-26)22-32(20-24-11-6-4-7-12-24)21-25-15-16-28-29(18-25)35-23-34-28/h4-9,11-16,18-19H,2-3,10,17,20-23H2,1H3. The molecule has 0 unspecified atom stereocenters. The van der Waals surface area contributed by atoms with Gasteiger partial charge in [-0.05, 0) is 29.7 Å². The molecular formula is C30H33N3O2. The van der Waals surface area contributed by atoms with Gasteiger partial charge in [-0.15, -0.1) is 0 Å². The van der Waals surface area contributed by atoms with Gasteiger partial charge >= 0.3 is 0 Å². The summed E-state index contributed by atoms with van der Waals surface area (Å²) in [5.41, 5.74) is 4.93. The lowest BCUT2D eigenvalue weighted by Crippen LogP contribution is -2.24. The number of imidazole rings is 1. The molecule has 0 saturated carbocycles. The molecule has 1 aliphatic heterocycles. The summed E-state index contributed by atoms with van der Waals surface area (Å²) in [6.45, 7) is 6.01. The van der Waals surface area contributed by atoms with E-state index in [1.165, 1.54) is 35.2 Å². The van der Waals surface area contributed by atoms with Gasteiger partial charge < -0.3 is 14.0 Å². The van der Waals surface area contributed by atoms with Crippen molar-refractivity contribution in [1.82, 2.24) is 14.5 Å². The van der Waals surface area contributed by atoms with Gasteiger partial charge in [-0.25, -0.2) is 4.98 Å². The molecular weight excluding hydrogens is 434 g/mol. The van der Waals surface area contributed by atoms with Crippen molar-refractivity contribution >= 4 is 0 Å². The van der Waals surface area contributed by atoms with E-state index < -0.39 is 0 Å². The van der Waals surface area contributed by atoms with Crippen molar-refractivity contribution in [3.63, 3.8) is 0 Å². The fourth-order valence-electron chi connectivity index (χ4n) is 4.66. The topological polar surface area (TPSA) is 39.5 Å². The Morgan fingerprint density at radius 1 is 0.800 bits per heavy atom. The predicted molar refractivity (Wildman–Crippen MR) is 139 cm³/mol. The largest absolute Gasteiger partial charge is 0.454 e. The van der Waals surface area contributed by atoms with Crippen LogP contribution in [0.3, 0.4) is 0 Å². The molecule has 2 heterocycles. The van der Waals surface area contributed by atoms with E-state index in [1.54, 1.807) is 0 Å². The normalized spacial score (nSPS) is 12.4. The summed E-state index contributed by atoms with van der Waals surface area (Å²) in [7, 11) is 0. The SMILES string of the molecule is CCCCCn1c(CN(Cc2ccccc2)Cc2ccc3c(c2)OCO3)cnc1-c1ccccc1. The second kappa shape index (κ2) is 11.2. The highest BCUT2D eigenvalue weighted by molar-refractivity contribution is 5.56. The van der Waals surface area contributed by atoms with Crippen LogP contribution in [0.15, 0.2) is 85.1 Å².